The number of hydrogen-bond donors (Lipinski definition) is 1. The number of amides is 2. The largest absolute Gasteiger partial charge is 0.497 e. The van der Waals surface area contributed by atoms with Gasteiger partial charge in [-0.1, -0.05) is 49.2 Å². The summed E-state index contributed by atoms with van der Waals surface area (Å²) in [6, 6.07) is 10.9. The molecular weight excluding hydrogens is 537 g/mol. The molecule has 1 N–H and O–H groups in total. The average molecular weight is 573 g/mol. The van der Waals surface area contributed by atoms with Crippen molar-refractivity contribution in [1.82, 2.24) is 10.2 Å². The molecule has 0 saturated carbocycles. The maximum atomic E-state index is 13.4. The molecular formula is C26H35Cl2N3O5S. The summed E-state index contributed by atoms with van der Waals surface area (Å²) in [6.07, 6.45) is 1.39. The van der Waals surface area contributed by atoms with Gasteiger partial charge in [-0.05, 0) is 49.1 Å². The normalized spacial score (nSPS) is 12.2. The van der Waals surface area contributed by atoms with Gasteiger partial charge in [0.05, 0.1) is 19.1 Å². The molecule has 0 unspecified atom stereocenters. The Labute approximate surface area is 229 Å². The molecule has 0 aliphatic rings. The number of methoxy groups -OCH3 is 1. The molecule has 0 aliphatic carbocycles. The second kappa shape index (κ2) is 13.9. The standard InChI is InChI=1S/C26H35Cl2N3O5S/c1-18(2)16-29-26(33)19(3)30(17-20-11-12-21(27)14-24(20)28)25(32)10-7-13-31(37(5,34)35)22-8-6-9-23(15-22)36-4/h6,8-9,11-12,14-15,18-19H,7,10,13,16-17H2,1-5H3,(H,29,33)/t19-/m1/s1. The van der Waals surface area contributed by atoms with Crippen molar-refractivity contribution in [3.05, 3.63) is 58.1 Å². The Morgan fingerprint density at radius 3 is 2.38 bits per heavy atom. The summed E-state index contributed by atoms with van der Waals surface area (Å²) >= 11 is 12.4. The van der Waals surface area contributed by atoms with Crippen molar-refractivity contribution in [2.45, 2.75) is 46.2 Å². The summed E-state index contributed by atoms with van der Waals surface area (Å²) < 4.78 is 31.4. The number of rotatable bonds is 13. The van der Waals surface area contributed by atoms with Crippen LogP contribution < -0.4 is 14.4 Å². The second-order valence-electron chi connectivity index (χ2n) is 9.21. The van der Waals surface area contributed by atoms with Gasteiger partial charge in [-0.15, -0.1) is 0 Å². The first-order valence-corrected chi connectivity index (χ1v) is 14.6. The molecule has 0 spiro atoms. The van der Waals surface area contributed by atoms with Gasteiger partial charge in [-0.2, -0.15) is 0 Å². The number of hydrogen-bond acceptors (Lipinski definition) is 5. The van der Waals surface area contributed by atoms with Crippen molar-refractivity contribution in [1.29, 1.82) is 0 Å². The molecule has 204 valence electrons. The van der Waals surface area contributed by atoms with Crippen LogP contribution in [0.1, 0.15) is 39.2 Å². The molecule has 2 amide bonds. The number of nitrogens with one attached hydrogen (secondary N) is 1. The third-order valence-electron chi connectivity index (χ3n) is 5.70. The van der Waals surface area contributed by atoms with Gasteiger partial charge in [0.1, 0.15) is 11.8 Å². The van der Waals surface area contributed by atoms with E-state index in [0.717, 1.165) is 6.26 Å². The first-order valence-electron chi connectivity index (χ1n) is 12.0. The third-order valence-corrected chi connectivity index (χ3v) is 7.48. The van der Waals surface area contributed by atoms with Crippen molar-refractivity contribution in [3.63, 3.8) is 0 Å². The number of sulfonamides is 1. The number of carbonyl (C=O) groups excluding carboxylic acids is 2. The van der Waals surface area contributed by atoms with Crippen molar-refractivity contribution < 1.29 is 22.7 Å². The molecule has 1 atom stereocenters. The molecule has 0 heterocycles. The summed E-state index contributed by atoms with van der Waals surface area (Å²) in [4.78, 5) is 27.6. The van der Waals surface area contributed by atoms with Crippen LogP contribution in [0.2, 0.25) is 10.0 Å². The molecule has 2 rings (SSSR count). The van der Waals surface area contributed by atoms with Crippen molar-refractivity contribution in [2.24, 2.45) is 5.92 Å². The Morgan fingerprint density at radius 2 is 1.78 bits per heavy atom. The van der Waals surface area contributed by atoms with Gasteiger partial charge in [-0.3, -0.25) is 13.9 Å². The molecule has 2 aromatic rings. The lowest BCUT2D eigenvalue weighted by molar-refractivity contribution is -0.140. The number of carbonyl (C=O) groups is 2. The van der Waals surface area contributed by atoms with Crippen LogP contribution in [0.4, 0.5) is 5.69 Å². The minimum Gasteiger partial charge on any atom is -0.497 e. The Bertz CT molecular complexity index is 1190. The third kappa shape index (κ3) is 9.39. The van der Waals surface area contributed by atoms with Gasteiger partial charge >= 0.3 is 0 Å². The number of anilines is 1. The molecule has 0 bridgehead atoms. The highest BCUT2D eigenvalue weighted by molar-refractivity contribution is 7.92. The van der Waals surface area contributed by atoms with E-state index in [1.807, 2.05) is 13.8 Å². The SMILES string of the molecule is COc1cccc(N(CCCC(=O)N(Cc2ccc(Cl)cc2Cl)[C@H](C)C(=O)NCC(C)C)S(C)(=O)=O)c1. The number of halogens is 2. The second-order valence-corrected chi connectivity index (χ2v) is 12.0. The highest BCUT2D eigenvalue weighted by atomic mass is 35.5. The van der Waals surface area contributed by atoms with Gasteiger partial charge in [0.15, 0.2) is 0 Å². The first-order chi connectivity index (χ1) is 17.3. The van der Waals surface area contributed by atoms with E-state index >= 15 is 0 Å². The molecule has 37 heavy (non-hydrogen) atoms. The van der Waals surface area contributed by atoms with Crippen LogP contribution in [0, 0.1) is 5.92 Å². The van der Waals surface area contributed by atoms with Crippen LogP contribution >= 0.6 is 23.2 Å². The lowest BCUT2D eigenvalue weighted by atomic mass is 10.1. The minimum absolute atomic E-state index is 0.0308. The molecule has 2 aromatic carbocycles. The number of nitrogens with zero attached hydrogens (tertiary/aromatic N) is 2. The van der Waals surface area contributed by atoms with Gasteiger partial charge in [-0.25, -0.2) is 8.42 Å². The van der Waals surface area contributed by atoms with Gasteiger partial charge in [0.25, 0.3) is 0 Å². The van der Waals surface area contributed by atoms with E-state index in [9.17, 15) is 18.0 Å². The molecule has 8 nitrogen and oxygen atoms in total. The van der Waals surface area contributed by atoms with Crippen molar-refractivity contribution in [3.8, 4) is 5.75 Å². The zero-order valence-corrected chi connectivity index (χ0v) is 24.2. The highest BCUT2D eigenvalue weighted by Crippen LogP contribution is 2.25. The predicted molar refractivity (Wildman–Crippen MR) is 149 cm³/mol. The summed E-state index contributed by atoms with van der Waals surface area (Å²) in [7, 11) is -2.10. The average Bonchev–Trinajstić information content (AvgIpc) is 2.83. The van der Waals surface area contributed by atoms with E-state index in [1.54, 1.807) is 49.4 Å². The zero-order chi connectivity index (χ0) is 27.8. The summed E-state index contributed by atoms with van der Waals surface area (Å²) in [5.74, 6) is 0.206. The Kier molecular flexibility index (Phi) is 11.5. The zero-order valence-electron chi connectivity index (χ0n) is 21.8. The molecule has 0 aliphatic heterocycles. The maximum absolute atomic E-state index is 13.4. The molecule has 0 saturated heterocycles. The number of benzene rings is 2. The monoisotopic (exact) mass is 571 g/mol. The number of ether oxygens (including phenoxy) is 1. The quantitative estimate of drug-likeness (QED) is 0.374. The smallest absolute Gasteiger partial charge is 0.242 e. The van der Waals surface area contributed by atoms with E-state index in [0.29, 0.717) is 33.6 Å². The molecule has 0 aromatic heterocycles. The lowest BCUT2D eigenvalue weighted by Gasteiger charge is -2.30. The molecule has 0 radical (unpaired) electrons. The lowest BCUT2D eigenvalue weighted by Crippen LogP contribution is -2.48. The fourth-order valence-electron chi connectivity index (χ4n) is 3.64. The van der Waals surface area contributed by atoms with Crippen LogP contribution in [0.3, 0.4) is 0 Å². The fourth-order valence-corrected chi connectivity index (χ4v) is 5.06. The van der Waals surface area contributed by atoms with Gasteiger partial charge in [0, 0.05) is 42.2 Å². The maximum Gasteiger partial charge on any atom is 0.242 e. The van der Waals surface area contributed by atoms with Crippen LogP contribution in [0.25, 0.3) is 0 Å². The minimum atomic E-state index is -3.61. The first kappa shape index (κ1) is 30.7. The van der Waals surface area contributed by atoms with Crippen LogP contribution in [-0.4, -0.2) is 57.6 Å². The van der Waals surface area contributed by atoms with E-state index in [-0.39, 0.29) is 43.7 Å². The Hall–Kier alpha value is -2.49. The van der Waals surface area contributed by atoms with Crippen LogP contribution in [0.5, 0.6) is 5.75 Å². The van der Waals surface area contributed by atoms with Crippen LogP contribution in [-0.2, 0) is 26.2 Å². The summed E-state index contributed by atoms with van der Waals surface area (Å²) in [5.41, 5.74) is 1.10. The van der Waals surface area contributed by atoms with E-state index < -0.39 is 16.1 Å². The Balaban J connectivity index is 2.21. The molecule has 0 fully saturated rings. The van der Waals surface area contributed by atoms with Crippen LogP contribution in [0.15, 0.2) is 42.5 Å². The van der Waals surface area contributed by atoms with Crippen molar-refractivity contribution in [2.75, 3.05) is 30.8 Å². The summed E-state index contributed by atoms with van der Waals surface area (Å²) in [5, 5.41) is 3.72. The van der Waals surface area contributed by atoms with E-state index in [2.05, 4.69) is 5.32 Å². The van der Waals surface area contributed by atoms with E-state index in [4.69, 9.17) is 27.9 Å². The predicted octanol–water partition coefficient (Wildman–Crippen LogP) is 4.74. The molecule has 11 heteroatoms. The van der Waals surface area contributed by atoms with Gasteiger partial charge < -0.3 is 15.0 Å². The topological polar surface area (TPSA) is 96.0 Å². The Morgan fingerprint density at radius 1 is 1.08 bits per heavy atom. The van der Waals surface area contributed by atoms with Crippen molar-refractivity contribution >= 4 is 50.7 Å². The highest BCUT2D eigenvalue weighted by Gasteiger charge is 2.27. The fraction of sp³-hybridized carbons (Fsp3) is 0.462. The van der Waals surface area contributed by atoms with Gasteiger partial charge in [0.2, 0.25) is 21.8 Å². The van der Waals surface area contributed by atoms with E-state index in [1.165, 1.54) is 16.3 Å². The summed E-state index contributed by atoms with van der Waals surface area (Å²) in [6.45, 7) is 6.31.